The normalized spacial score (nSPS) is 16.9. The Bertz CT molecular complexity index is 1310. The van der Waals surface area contributed by atoms with Crippen molar-refractivity contribution in [2.75, 3.05) is 18.4 Å². The minimum absolute atomic E-state index is 0.124. The molecule has 1 N–H and O–H groups in total. The van der Waals surface area contributed by atoms with Gasteiger partial charge in [-0.05, 0) is 76.8 Å². The first kappa shape index (κ1) is 26.5. The van der Waals surface area contributed by atoms with Crippen LogP contribution in [-0.4, -0.2) is 45.1 Å². The number of hydrogen-bond acceptors (Lipinski definition) is 4. The quantitative estimate of drug-likeness (QED) is 0.427. The van der Waals surface area contributed by atoms with Crippen LogP contribution in [0.4, 0.5) is 23.9 Å². The van der Waals surface area contributed by atoms with E-state index in [-0.39, 0.29) is 17.6 Å². The van der Waals surface area contributed by atoms with Crippen molar-refractivity contribution in [2.24, 2.45) is 0 Å². The van der Waals surface area contributed by atoms with E-state index >= 15 is 0 Å². The van der Waals surface area contributed by atoms with Crippen LogP contribution in [0.25, 0.3) is 11.0 Å². The number of para-hydroxylation sites is 1. The molecule has 1 aromatic heterocycles. The summed E-state index contributed by atoms with van der Waals surface area (Å²) in [4.78, 5) is 32.3. The maximum atomic E-state index is 13.2. The second-order valence-corrected chi connectivity index (χ2v) is 10.4. The van der Waals surface area contributed by atoms with Crippen LogP contribution in [0.1, 0.15) is 67.6 Å². The Morgan fingerprint density at radius 2 is 1.81 bits per heavy atom. The predicted molar refractivity (Wildman–Crippen MR) is 135 cm³/mol. The summed E-state index contributed by atoms with van der Waals surface area (Å²) in [5.74, 6) is -0.472. The van der Waals surface area contributed by atoms with E-state index in [0.717, 1.165) is 42.5 Å². The van der Waals surface area contributed by atoms with Gasteiger partial charge in [0.15, 0.2) is 0 Å². The SMILES string of the molecule is Cc1cccc2nc(NC(=O)c3cccc(C(F)(F)F)c3)n(C3CCCCN(C(=O)OC(C)(C)C)C3)c12. The number of amides is 2. The lowest BCUT2D eigenvalue weighted by Crippen LogP contribution is -2.39. The molecule has 37 heavy (non-hydrogen) atoms. The van der Waals surface area contributed by atoms with E-state index in [1.165, 1.54) is 12.1 Å². The second-order valence-electron chi connectivity index (χ2n) is 10.4. The number of nitrogens with one attached hydrogen (secondary N) is 1. The van der Waals surface area contributed by atoms with Gasteiger partial charge in [-0.3, -0.25) is 10.1 Å². The topological polar surface area (TPSA) is 76.5 Å². The van der Waals surface area contributed by atoms with Crippen LogP contribution in [0.3, 0.4) is 0 Å². The number of alkyl halides is 3. The fourth-order valence-electron chi connectivity index (χ4n) is 4.60. The highest BCUT2D eigenvalue weighted by atomic mass is 19.4. The van der Waals surface area contributed by atoms with E-state index in [9.17, 15) is 22.8 Å². The van der Waals surface area contributed by atoms with Gasteiger partial charge in [-0.15, -0.1) is 0 Å². The van der Waals surface area contributed by atoms with Crippen LogP contribution in [0.15, 0.2) is 42.5 Å². The summed E-state index contributed by atoms with van der Waals surface area (Å²) in [5, 5.41) is 2.73. The summed E-state index contributed by atoms with van der Waals surface area (Å²) in [5.41, 5.74) is 0.715. The predicted octanol–water partition coefficient (Wildman–Crippen LogP) is 6.58. The van der Waals surface area contributed by atoms with Crippen molar-refractivity contribution in [1.29, 1.82) is 0 Å². The molecule has 0 aliphatic carbocycles. The number of ether oxygens (including phenoxy) is 1. The molecule has 0 spiro atoms. The third-order valence-electron chi connectivity index (χ3n) is 6.25. The zero-order valence-corrected chi connectivity index (χ0v) is 21.4. The number of aryl methyl sites for hydroxylation is 1. The highest BCUT2D eigenvalue weighted by molar-refractivity contribution is 6.04. The number of carbonyl (C=O) groups is 2. The molecule has 1 aliphatic heterocycles. The smallest absolute Gasteiger partial charge is 0.416 e. The highest BCUT2D eigenvalue weighted by Gasteiger charge is 2.32. The molecule has 1 aliphatic rings. The molecule has 0 bridgehead atoms. The lowest BCUT2D eigenvalue weighted by atomic mass is 10.1. The van der Waals surface area contributed by atoms with Crippen molar-refractivity contribution in [1.82, 2.24) is 14.5 Å². The molecule has 10 heteroatoms. The number of hydrogen-bond donors (Lipinski definition) is 1. The number of rotatable bonds is 3. The lowest BCUT2D eigenvalue weighted by molar-refractivity contribution is -0.137. The Labute approximate surface area is 213 Å². The molecule has 1 unspecified atom stereocenters. The molecular weight excluding hydrogens is 485 g/mol. The zero-order chi connectivity index (χ0) is 27.0. The first-order chi connectivity index (χ1) is 17.3. The summed E-state index contributed by atoms with van der Waals surface area (Å²) in [6.45, 7) is 8.27. The van der Waals surface area contributed by atoms with E-state index in [2.05, 4.69) is 10.3 Å². The molecule has 2 heterocycles. The molecule has 1 atom stereocenters. The van der Waals surface area contributed by atoms with Gasteiger partial charge in [0.05, 0.1) is 22.6 Å². The van der Waals surface area contributed by atoms with Crippen molar-refractivity contribution in [3.8, 4) is 0 Å². The number of likely N-dealkylation sites (tertiary alicyclic amines) is 1. The molecule has 0 saturated carbocycles. The number of halogens is 3. The molecule has 3 aromatic rings. The molecule has 1 saturated heterocycles. The maximum Gasteiger partial charge on any atom is 0.416 e. The van der Waals surface area contributed by atoms with Crippen LogP contribution >= 0.6 is 0 Å². The first-order valence-corrected chi connectivity index (χ1v) is 12.3. The van der Waals surface area contributed by atoms with Gasteiger partial charge >= 0.3 is 12.3 Å². The number of anilines is 1. The summed E-state index contributed by atoms with van der Waals surface area (Å²) < 4.78 is 47.1. The van der Waals surface area contributed by atoms with Gasteiger partial charge in [0.2, 0.25) is 5.95 Å². The third-order valence-corrected chi connectivity index (χ3v) is 6.25. The van der Waals surface area contributed by atoms with Gasteiger partial charge in [0.25, 0.3) is 5.91 Å². The minimum Gasteiger partial charge on any atom is -0.444 e. The standard InChI is InChI=1S/C27H31F3N4O3/c1-17-9-7-13-21-22(17)34(20-12-5-6-14-33(16-20)25(36)37-26(2,3)4)24(31-21)32-23(35)18-10-8-11-19(15-18)27(28,29)30/h7-11,13,15,20H,5-6,12,14,16H2,1-4H3,(H,31,32,35). The number of carbonyl (C=O) groups excluding carboxylic acids is 2. The van der Waals surface area contributed by atoms with Gasteiger partial charge in [0, 0.05) is 18.7 Å². The number of benzene rings is 2. The van der Waals surface area contributed by atoms with Crippen molar-refractivity contribution < 1.29 is 27.5 Å². The van der Waals surface area contributed by atoms with Gasteiger partial charge < -0.3 is 14.2 Å². The number of imidazole rings is 1. The number of fused-ring (bicyclic) bond motifs is 1. The van der Waals surface area contributed by atoms with Gasteiger partial charge in [-0.2, -0.15) is 13.2 Å². The van der Waals surface area contributed by atoms with Crippen molar-refractivity contribution >= 4 is 29.0 Å². The van der Waals surface area contributed by atoms with E-state index < -0.39 is 29.3 Å². The van der Waals surface area contributed by atoms with E-state index in [1.807, 2.05) is 50.5 Å². The van der Waals surface area contributed by atoms with Gasteiger partial charge in [-0.1, -0.05) is 18.2 Å². The Balaban J connectivity index is 1.71. The molecule has 0 radical (unpaired) electrons. The van der Waals surface area contributed by atoms with Crippen molar-refractivity contribution in [2.45, 2.75) is 64.8 Å². The van der Waals surface area contributed by atoms with Crippen LogP contribution in [0.2, 0.25) is 0 Å². The third kappa shape index (κ3) is 6.06. The summed E-state index contributed by atoms with van der Waals surface area (Å²) >= 11 is 0. The van der Waals surface area contributed by atoms with Crippen LogP contribution in [-0.2, 0) is 10.9 Å². The largest absolute Gasteiger partial charge is 0.444 e. The Morgan fingerprint density at radius 1 is 1.08 bits per heavy atom. The molecule has 2 aromatic carbocycles. The number of nitrogens with zero attached hydrogens (tertiary/aromatic N) is 3. The van der Waals surface area contributed by atoms with Crippen molar-refractivity contribution in [3.05, 3.63) is 59.2 Å². The fourth-order valence-corrected chi connectivity index (χ4v) is 4.60. The molecule has 198 valence electrons. The summed E-state index contributed by atoms with van der Waals surface area (Å²) in [6, 6.07) is 9.66. The van der Waals surface area contributed by atoms with E-state index in [4.69, 9.17) is 4.74 Å². The van der Waals surface area contributed by atoms with E-state index in [1.54, 1.807) is 4.90 Å². The van der Waals surface area contributed by atoms with Crippen LogP contribution in [0, 0.1) is 6.92 Å². The Hall–Kier alpha value is -3.56. The highest BCUT2D eigenvalue weighted by Crippen LogP contribution is 2.33. The maximum absolute atomic E-state index is 13.2. The minimum atomic E-state index is -4.56. The summed E-state index contributed by atoms with van der Waals surface area (Å²) in [6.07, 6.45) is -2.60. The summed E-state index contributed by atoms with van der Waals surface area (Å²) in [7, 11) is 0. The van der Waals surface area contributed by atoms with Crippen LogP contribution in [0.5, 0.6) is 0 Å². The Kier molecular flexibility index (Phi) is 7.21. The Morgan fingerprint density at radius 3 is 2.51 bits per heavy atom. The van der Waals surface area contributed by atoms with E-state index in [0.29, 0.717) is 18.6 Å². The molecule has 4 rings (SSSR count). The molecule has 2 amide bonds. The first-order valence-electron chi connectivity index (χ1n) is 12.3. The van der Waals surface area contributed by atoms with Gasteiger partial charge in [-0.25, -0.2) is 9.78 Å². The zero-order valence-electron chi connectivity index (χ0n) is 21.4. The number of aromatic nitrogens is 2. The second kappa shape index (κ2) is 10.1. The average Bonchev–Trinajstić information content (AvgIpc) is 2.99. The molecule has 1 fully saturated rings. The average molecular weight is 517 g/mol. The molecular formula is C27H31F3N4O3. The van der Waals surface area contributed by atoms with Crippen LogP contribution < -0.4 is 5.32 Å². The lowest BCUT2D eigenvalue weighted by Gasteiger charge is -2.29. The monoisotopic (exact) mass is 516 g/mol. The van der Waals surface area contributed by atoms with Gasteiger partial charge in [0.1, 0.15) is 5.60 Å². The molecule has 7 nitrogen and oxygen atoms in total. The fraction of sp³-hybridized carbons (Fsp3) is 0.444. The van der Waals surface area contributed by atoms with Crippen molar-refractivity contribution in [3.63, 3.8) is 0 Å².